The van der Waals surface area contributed by atoms with Crippen molar-refractivity contribution in [3.05, 3.63) is 75.9 Å². The van der Waals surface area contributed by atoms with Crippen LogP contribution < -0.4 is 10.1 Å². The van der Waals surface area contributed by atoms with Crippen molar-refractivity contribution < 1.29 is 28.4 Å². The molecule has 0 aliphatic rings. The van der Waals surface area contributed by atoms with E-state index in [-0.39, 0.29) is 29.4 Å². The molecule has 3 aromatic rings. The first-order valence-corrected chi connectivity index (χ1v) is 9.49. The van der Waals surface area contributed by atoms with Crippen LogP contribution >= 0.6 is 0 Å². The molecule has 0 aliphatic heterocycles. The zero-order chi connectivity index (χ0) is 23.3. The fourth-order valence-electron chi connectivity index (χ4n) is 2.67. The summed E-state index contributed by atoms with van der Waals surface area (Å²) in [5, 5.41) is 17.4. The number of nitro groups is 1. The van der Waals surface area contributed by atoms with Gasteiger partial charge in [0, 0.05) is 17.8 Å². The molecular weight excluding hydrogens is 423 g/mol. The van der Waals surface area contributed by atoms with Crippen molar-refractivity contribution in [2.75, 3.05) is 18.5 Å². The summed E-state index contributed by atoms with van der Waals surface area (Å²) in [7, 11) is 0. The molecule has 2 aromatic carbocycles. The molecule has 0 spiro atoms. The SMILES string of the molecule is CCOC(=O)c1nn(-c2ccc([N+](=O)[O-])cc2)cc1OCC(=O)Nc1ccc(C)c(F)c1. The summed E-state index contributed by atoms with van der Waals surface area (Å²) in [6.07, 6.45) is 1.35. The molecule has 166 valence electrons. The van der Waals surface area contributed by atoms with Crippen LogP contribution in [0.1, 0.15) is 23.0 Å². The third-order valence-corrected chi connectivity index (χ3v) is 4.29. The maximum Gasteiger partial charge on any atom is 0.362 e. The molecule has 11 heteroatoms. The molecule has 0 fully saturated rings. The number of amides is 1. The summed E-state index contributed by atoms with van der Waals surface area (Å²) < 4.78 is 25.3. The minimum Gasteiger partial charge on any atom is -0.480 e. The number of esters is 1. The summed E-state index contributed by atoms with van der Waals surface area (Å²) in [5.74, 6) is -1.82. The zero-order valence-corrected chi connectivity index (χ0v) is 17.2. The van der Waals surface area contributed by atoms with Gasteiger partial charge in [-0.25, -0.2) is 13.9 Å². The maximum atomic E-state index is 13.6. The largest absolute Gasteiger partial charge is 0.480 e. The fraction of sp³-hybridized carbons (Fsp3) is 0.190. The third kappa shape index (κ3) is 5.25. The van der Waals surface area contributed by atoms with Crippen LogP contribution in [0.15, 0.2) is 48.7 Å². The number of hydrogen-bond donors (Lipinski definition) is 1. The third-order valence-electron chi connectivity index (χ3n) is 4.29. The number of halogens is 1. The Bertz CT molecular complexity index is 1160. The Hall–Kier alpha value is -4.28. The van der Waals surface area contributed by atoms with Crippen molar-refractivity contribution in [2.45, 2.75) is 13.8 Å². The van der Waals surface area contributed by atoms with Gasteiger partial charge in [-0.05, 0) is 43.7 Å². The first-order valence-electron chi connectivity index (χ1n) is 9.49. The molecule has 10 nitrogen and oxygen atoms in total. The number of anilines is 1. The second-order valence-corrected chi connectivity index (χ2v) is 6.58. The Morgan fingerprint density at radius 3 is 2.56 bits per heavy atom. The highest BCUT2D eigenvalue weighted by Gasteiger charge is 2.21. The van der Waals surface area contributed by atoms with Gasteiger partial charge in [0.2, 0.25) is 5.69 Å². The minimum absolute atomic E-state index is 0.0213. The molecule has 1 amide bonds. The quantitative estimate of drug-likeness (QED) is 0.322. The predicted molar refractivity (Wildman–Crippen MR) is 111 cm³/mol. The van der Waals surface area contributed by atoms with Crippen LogP contribution in [0, 0.1) is 22.9 Å². The van der Waals surface area contributed by atoms with E-state index in [1.165, 1.54) is 47.3 Å². The van der Waals surface area contributed by atoms with Crippen molar-refractivity contribution in [1.82, 2.24) is 9.78 Å². The highest BCUT2D eigenvalue weighted by atomic mass is 19.1. The van der Waals surface area contributed by atoms with Gasteiger partial charge < -0.3 is 14.8 Å². The predicted octanol–water partition coefficient (Wildman–Crippen LogP) is 3.42. The number of benzene rings is 2. The number of aromatic nitrogens is 2. The molecule has 32 heavy (non-hydrogen) atoms. The highest BCUT2D eigenvalue weighted by molar-refractivity contribution is 5.93. The van der Waals surface area contributed by atoms with E-state index in [0.717, 1.165) is 0 Å². The number of ether oxygens (including phenoxy) is 2. The molecule has 1 aromatic heterocycles. The van der Waals surface area contributed by atoms with Crippen molar-refractivity contribution >= 4 is 23.3 Å². The molecule has 0 aliphatic carbocycles. The molecule has 1 heterocycles. The number of nitro benzene ring substituents is 1. The van der Waals surface area contributed by atoms with Crippen LogP contribution in [0.2, 0.25) is 0 Å². The molecule has 3 rings (SSSR count). The molecule has 0 atom stereocenters. The Labute approximate surface area is 181 Å². The lowest BCUT2D eigenvalue weighted by Gasteiger charge is -2.08. The Morgan fingerprint density at radius 1 is 1.22 bits per heavy atom. The number of carbonyl (C=O) groups is 2. The van der Waals surface area contributed by atoms with Crippen molar-refractivity contribution in [1.29, 1.82) is 0 Å². The Morgan fingerprint density at radius 2 is 1.94 bits per heavy atom. The number of nitrogens with one attached hydrogen (secondary N) is 1. The molecule has 0 saturated carbocycles. The number of hydrogen-bond acceptors (Lipinski definition) is 7. The van der Waals surface area contributed by atoms with Gasteiger partial charge in [-0.15, -0.1) is 0 Å². The number of aryl methyl sites for hydroxylation is 1. The Kier molecular flexibility index (Phi) is 6.78. The highest BCUT2D eigenvalue weighted by Crippen LogP contribution is 2.22. The first-order chi connectivity index (χ1) is 15.3. The number of non-ortho nitro benzene ring substituents is 1. The topological polar surface area (TPSA) is 126 Å². The van der Waals surface area contributed by atoms with E-state index in [0.29, 0.717) is 11.3 Å². The molecular formula is C21H19FN4O6. The average Bonchev–Trinajstić information content (AvgIpc) is 3.19. The number of carbonyl (C=O) groups excluding carboxylic acids is 2. The van der Waals surface area contributed by atoms with Gasteiger partial charge in [-0.3, -0.25) is 14.9 Å². The van der Waals surface area contributed by atoms with Crippen LogP contribution in [-0.2, 0) is 9.53 Å². The first kappa shape index (κ1) is 22.4. The minimum atomic E-state index is -0.760. The van der Waals surface area contributed by atoms with E-state index in [9.17, 15) is 24.1 Å². The van der Waals surface area contributed by atoms with E-state index < -0.39 is 29.2 Å². The van der Waals surface area contributed by atoms with Crippen LogP contribution in [0.4, 0.5) is 15.8 Å². The molecule has 0 unspecified atom stereocenters. The lowest BCUT2D eigenvalue weighted by molar-refractivity contribution is -0.384. The lowest BCUT2D eigenvalue weighted by atomic mass is 10.2. The van der Waals surface area contributed by atoms with Gasteiger partial charge in [0.1, 0.15) is 5.82 Å². The molecule has 0 radical (unpaired) electrons. The monoisotopic (exact) mass is 442 g/mol. The summed E-state index contributed by atoms with van der Waals surface area (Å²) in [6, 6.07) is 9.73. The summed E-state index contributed by atoms with van der Waals surface area (Å²) >= 11 is 0. The summed E-state index contributed by atoms with van der Waals surface area (Å²) in [5.41, 5.74) is 0.855. The summed E-state index contributed by atoms with van der Waals surface area (Å²) in [4.78, 5) is 34.7. The molecule has 1 N–H and O–H groups in total. The van der Waals surface area contributed by atoms with Gasteiger partial charge in [0.05, 0.1) is 23.4 Å². The van der Waals surface area contributed by atoms with E-state index >= 15 is 0 Å². The van der Waals surface area contributed by atoms with E-state index in [1.807, 2.05) is 0 Å². The second-order valence-electron chi connectivity index (χ2n) is 6.58. The van der Waals surface area contributed by atoms with Crippen molar-refractivity contribution in [3.63, 3.8) is 0 Å². The standard InChI is InChI=1S/C21H19FN4O6/c1-3-31-21(28)20-18(11-25(24-20)15-6-8-16(9-7-15)26(29)30)32-12-19(27)23-14-5-4-13(2)17(22)10-14/h4-11H,3,12H2,1-2H3,(H,23,27). The van der Waals surface area contributed by atoms with Gasteiger partial charge in [-0.2, -0.15) is 5.10 Å². The number of rotatable bonds is 8. The maximum absolute atomic E-state index is 13.6. The van der Waals surface area contributed by atoms with E-state index in [1.54, 1.807) is 19.9 Å². The van der Waals surface area contributed by atoms with Gasteiger partial charge in [-0.1, -0.05) is 6.07 Å². The van der Waals surface area contributed by atoms with Crippen LogP contribution in [0.3, 0.4) is 0 Å². The van der Waals surface area contributed by atoms with Gasteiger partial charge >= 0.3 is 5.97 Å². The fourth-order valence-corrected chi connectivity index (χ4v) is 2.67. The van der Waals surface area contributed by atoms with Gasteiger partial charge in [0.25, 0.3) is 11.6 Å². The number of nitrogens with zero attached hydrogens (tertiary/aromatic N) is 3. The van der Waals surface area contributed by atoms with Gasteiger partial charge in [0.15, 0.2) is 12.4 Å². The second kappa shape index (κ2) is 9.69. The van der Waals surface area contributed by atoms with Crippen molar-refractivity contribution in [3.8, 4) is 11.4 Å². The average molecular weight is 442 g/mol. The van der Waals surface area contributed by atoms with E-state index in [2.05, 4.69) is 10.4 Å². The summed E-state index contributed by atoms with van der Waals surface area (Å²) in [6.45, 7) is 2.85. The zero-order valence-electron chi connectivity index (χ0n) is 17.2. The molecule has 0 bridgehead atoms. The Balaban J connectivity index is 1.77. The smallest absolute Gasteiger partial charge is 0.362 e. The normalized spacial score (nSPS) is 10.5. The van der Waals surface area contributed by atoms with Crippen LogP contribution in [-0.4, -0.2) is 39.8 Å². The van der Waals surface area contributed by atoms with Crippen LogP contribution in [0.25, 0.3) is 5.69 Å². The van der Waals surface area contributed by atoms with E-state index in [4.69, 9.17) is 9.47 Å². The van der Waals surface area contributed by atoms with Crippen molar-refractivity contribution in [2.24, 2.45) is 0 Å². The lowest BCUT2D eigenvalue weighted by Crippen LogP contribution is -2.21. The van der Waals surface area contributed by atoms with Crippen LogP contribution in [0.5, 0.6) is 5.75 Å². The molecule has 0 saturated heterocycles.